The first kappa shape index (κ1) is 23.1. The number of hydrogen-bond acceptors (Lipinski definition) is 2. The molecule has 0 saturated heterocycles. The fourth-order valence-corrected chi connectivity index (χ4v) is 7.63. The van der Waals surface area contributed by atoms with E-state index < -0.39 is 0 Å². The van der Waals surface area contributed by atoms with E-state index in [0.29, 0.717) is 23.8 Å². The Hall–Kier alpha value is -3.78. The molecular weight excluding hydrogens is 474 g/mol. The highest BCUT2D eigenvalue weighted by atomic mass is 16.3. The lowest BCUT2D eigenvalue weighted by molar-refractivity contribution is 0.597. The first-order valence-electron chi connectivity index (χ1n) is 14.8. The molecule has 3 aromatic rings. The van der Waals surface area contributed by atoms with Crippen molar-refractivity contribution in [2.45, 2.75) is 57.9 Å². The number of benzene rings is 2. The third-order valence-corrected chi connectivity index (χ3v) is 9.39. The van der Waals surface area contributed by atoms with Crippen LogP contribution in [0.3, 0.4) is 0 Å². The first-order valence-corrected chi connectivity index (χ1v) is 14.8. The second-order valence-electron chi connectivity index (χ2n) is 11.8. The molecule has 2 heteroatoms. The predicted octanol–water partition coefficient (Wildman–Crippen LogP) is 9.61. The summed E-state index contributed by atoms with van der Waals surface area (Å²) < 4.78 is 6.49. The van der Waals surface area contributed by atoms with Crippen molar-refractivity contribution in [3.05, 3.63) is 118 Å². The van der Waals surface area contributed by atoms with Gasteiger partial charge in [0.15, 0.2) is 0 Å². The lowest BCUT2D eigenvalue weighted by Gasteiger charge is -2.38. The molecule has 0 N–H and O–H groups in total. The predicted molar refractivity (Wildman–Crippen MR) is 164 cm³/mol. The number of allylic oxidation sites excluding steroid dienone is 8. The van der Waals surface area contributed by atoms with Gasteiger partial charge in [-0.3, -0.25) is 0 Å². The van der Waals surface area contributed by atoms with Crippen LogP contribution in [0.4, 0.5) is 5.69 Å². The van der Waals surface area contributed by atoms with Crippen LogP contribution in [0, 0.1) is 11.8 Å². The van der Waals surface area contributed by atoms with Crippen LogP contribution in [0.1, 0.15) is 73.5 Å². The normalized spacial score (nSPS) is 26.2. The molecule has 194 valence electrons. The van der Waals surface area contributed by atoms with Gasteiger partial charge in [-0.15, -0.1) is 0 Å². The monoisotopic (exact) mass is 509 g/mol. The largest absolute Gasteiger partial charge is 0.456 e. The van der Waals surface area contributed by atoms with Gasteiger partial charge < -0.3 is 9.32 Å². The molecule has 2 aromatic carbocycles. The van der Waals surface area contributed by atoms with E-state index in [0.717, 1.165) is 43.4 Å². The molecule has 1 saturated carbocycles. The average Bonchev–Trinajstić information content (AvgIpc) is 3.65. The highest BCUT2D eigenvalue weighted by Crippen LogP contribution is 2.60. The zero-order valence-electron chi connectivity index (χ0n) is 22.9. The van der Waals surface area contributed by atoms with Crippen molar-refractivity contribution < 1.29 is 4.42 Å². The molecule has 1 aliphatic heterocycles. The second-order valence-corrected chi connectivity index (χ2v) is 11.8. The Kier molecular flexibility index (Phi) is 5.27. The summed E-state index contributed by atoms with van der Waals surface area (Å²) in [6.45, 7) is 4.67. The number of nitrogens with zero attached hydrogens (tertiary/aromatic N) is 1. The molecule has 39 heavy (non-hydrogen) atoms. The van der Waals surface area contributed by atoms with Crippen molar-refractivity contribution in [2.24, 2.45) is 11.8 Å². The Morgan fingerprint density at radius 1 is 1.00 bits per heavy atom. The number of furan rings is 1. The summed E-state index contributed by atoms with van der Waals surface area (Å²) in [6, 6.07) is 14.5. The van der Waals surface area contributed by atoms with Gasteiger partial charge in [-0.25, -0.2) is 0 Å². The van der Waals surface area contributed by atoms with Crippen molar-refractivity contribution in [3.8, 4) is 0 Å². The molecule has 8 rings (SSSR count). The average molecular weight is 510 g/mol. The number of aryl methyl sites for hydroxylation is 1. The molecule has 0 amide bonds. The van der Waals surface area contributed by atoms with Crippen LogP contribution < -0.4 is 4.90 Å². The Morgan fingerprint density at radius 3 is 2.82 bits per heavy atom. The number of rotatable bonds is 4. The highest BCUT2D eigenvalue weighted by molar-refractivity contribution is 5.94. The van der Waals surface area contributed by atoms with E-state index in [9.17, 15) is 0 Å². The lowest BCUT2D eigenvalue weighted by atomic mass is 9.83. The third kappa shape index (κ3) is 3.47. The van der Waals surface area contributed by atoms with Crippen LogP contribution in [0.25, 0.3) is 28.7 Å². The minimum Gasteiger partial charge on any atom is -0.456 e. The standard InChI is InChI=1S/C37H35NO/c1-3-12-24-21-25(22-30-27-15-5-4-6-20-33(27)39-37(24)30)26-14-7-9-18-31(26)38-32-19-10-8-16-28(32)34-23(2)13-11-17-29-35(34)36(29)38/h5-11,15-23,26,29,36H,3-4,12-14H2,1-2H3/t23?,26?,29?,36-/m1/s1. The van der Waals surface area contributed by atoms with Gasteiger partial charge in [0, 0.05) is 39.7 Å². The van der Waals surface area contributed by atoms with Crippen LogP contribution in [0.5, 0.6) is 0 Å². The summed E-state index contributed by atoms with van der Waals surface area (Å²) in [5.74, 6) is 2.41. The maximum Gasteiger partial charge on any atom is 0.138 e. The maximum absolute atomic E-state index is 6.49. The molecule has 2 heterocycles. The van der Waals surface area contributed by atoms with Crippen molar-refractivity contribution in [1.82, 2.24) is 0 Å². The summed E-state index contributed by atoms with van der Waals surface area (Å²) in [5, 5.41) is 1.26. The van der Waals surface area contributed by atoms with Gasteiger partial charge in [-0.05, 0) is 78.2 Å². The number of fused-ring (bicyclic) bond motifs is 6. The van der Waals surface area contributed by atoms with E-state index in [-0.39, 0.29) is 0 Å². The quantitative estimate of drug-likeness (QED) is 0.326. The summed E-state index contributed by atoms with van der Waals surface area (Å²) in [7, 11) is 0. The molecule has 1 fully saturated rings. The highest BCUT2D eigenvalue weighted by Gasteiger charge is 2.54. The van der Waals surface area contributed by atoms with Crippen molar-refractivity contribution in [2.75, 3.05) is 4.90 Å². The summed E-state index contributed by atoms with van der Waals surface area (Å²) >= 11 is 0. The van der Waals surface area contributed by atoms with Crippen molar-refractivity contribution in [3.63, 3.8) is 0 Å². The maximum atomic E-state index is 6.49. The topological polar surface area (TPSA) is 16.4 Å². The smallest absolute Gasteiger partial charge is 0.138 e. The molecule has 0 radical (unpaired) electrons. The van der Waals surface area contributed by atoms with E-state index in [1.165, 1.54) is 39.0 Å². The molecular formula is C37H35NO. The van der Waals surface area contributed by atoms with Gasteiger partial charge in [-0.1, -0.05) is 87.1 Å². The fraction of sp³-hybridized carbons (Fsp3) is 0.297. The fourth-order valence-electron chi connectivity index (χ4n) is 7.63. The van der Waals surface area contributed by atoms with E-state index in [4.69, 9.17) is 4.42 Å². The molecule has 4 aliphatic carbocycles. The molecule has 5 aliphatic rings. The summed E-state index contributed by atoms with van der Waals surface area (Å²) in [4.78, 5) is 2.71. The molecule has 4 atom stereocenters. The van der Waals surface area contributed by atoms with Gasteiger partial charge in [0.25, 0.3) is 0 Å². The minimum absolute atomic E-state index is 0.312. The van der Waals surface area contributed by atoms with E-state index in [1.807, 2.05) is 0 Å². The Bertz CT molecular complexity index is 1690. The van der Waals surface area contributed by atoms with Gasteiger partial charge in [0.1, 0.15) is 11.3 Å². The van der Waals surface area contributed by atoms with Crippen LogP contribution in [0.2, 0.25) is 0 Å². The number of hydrogen-bond donors (Lipinski definition) is 0. The van der Waals surface area contributed by atoms with Crippen molar-refractivity contribution in [1.29, 1.82) is 0 Å². The zero-order valence-corrected chi connectivity index (χ0v) is 22.9. The molecule has 1 aromatic heterocycles. The Balaban J connectivity index is 1.28. The van der Waals surface area contributed by atoms with Crippen LogP contribution in [-0.2, 0) is 6.42 Å². The van der Waals surface area contributed by atoms with Gasteiger partial charge in [-0.2, -0.15) is 0 Å². The number of anilines is 1. The Labute approximate surface area is 231 Å². The minimum atomic E-state index is 0.312. The second kappa shape index (κ2) is 8.88. The van der Waals surface area contributed by atoms with Crippen LogP contribution in [0.15, 0.2) is 94.6 Å². The Morgan fingerprint density at radius 2 is 1.90 bits per heavy atom. The molecule has 0 spiro atoms. The van der Waals surface area contributed by atoms with E-state index >= 15 is 0 Å². The first-order chi connectivity index (χ1) is 19.2. The summed E-state index contributed by atoms with van der Waals surface area (Å²) in [5.41, 5.74) is 12.6. The molecule has 3 unspecified atom stereocenters. The van der Waals surface area contributed by atoms with Gasteiger partial charge in [0.2, 0.25) is 0 Å². The summed E-state index contributed by atoms with van der Waals surface area (Å²) in [6.07, 6.45) is 26.1. The molecule has 0 bridgehead atoms. The number of para-hydroxylation sites is 1. The van der Waals surface area contributed by atoms with Crippen LogP contribution in [-0.4, -0.2) is 6.04 Å². The van der Waals surface area contributed by atoms with Gasteiger partial charge >= 0.3 is 0 Å². The van der Waals surface area contributed by atoms with E-state index in [2.05, 4.69) is 110 Å². The lowest BCUT2D eigenvalue weighted by Crippen LogP contribution is -2.33. The van der Waals surface area contributed by atoms with E-state index in [1.54, 1.807) is 11.1 Å². The van der Waals surface area contributed by atoms with Crippen LogP contribution >= 0.6 is 0 Å². The molecule has 2 nitrogen and oxygen atoms in total. The zero-order chi connectivity index (χ0) is 26.1. The third-order valence-electron chi connectivity index (χ3n) is 9.39. The van der Waals surface area contributed by atoms with Crippen molar-refractivity contribution >= 4 is 34.4 Å². The SMILES string of the molecule is CCCc1cc(C2CC=CC=C2N2c3ccccc3C3=C4C(C=CCC3C)[C@H]42)cc2c3c(oc12)C=CCC=C3. The van der Waals surface area contributed by atoms with Gasteiger partial charge in [0.05, 0.1) is 6.04 Å².